The van der Waals surface area contributed by atoms with E-state index in [2.05, 4.69) is 33.9 Å². The molecule has 1 amide bonds. The first-order chi connectivity index (χ1) is 26.6. The predicted molar refractivity (Wildman–Crippen MR) is 212 cm³/mol. The van der Waals surface area contributed by atoms with Crippen molar-refractivity contribution in [1.29, 1.82) is 0 Å². The number of aryl methyl sites for hydroxylation is 1. The van der Waals surface area contributed by atoms with E-state index in [0.717, 1.165) is 52.0 Å². The summed E-state index contributed by atoms with van der Waals surface area (Å²) in [4.78, 5) is 20.4. The molecule has 288 valence electrons. The first-order valence-corrected chi connectivity index (χ1v) is 20.1. The highest BCUT2D eigenvalue weighted by Gasteiger charge is 2.39. The summed E-state index contributed by atoms with van der Waals surface area (Å²) >= 11 is 0. The summed E-state index contributed by atoms with van der Waals surface area (Å²) < 4.78 is 42.6. The van der Waals surface area contributed by atoms with Gasteiger partial charge < -0.3 is 24.8 Å². The van der Waals surface area contributed by atoms with E-state index in [4.69, 9.17) is 9.47 Å². The highest BCUT2D eigenvalue weighted by atomic mass is 32.2. The van der Waals surface area contributed by atoms with Gasteiger partial charge in [0, 0.05) is 49.4 Å². The Balaban J connectivity index is 1.14. The third-order valence-corrected chi connectivity index (χ3v) is 11.5. The molecule has 1 aromatic heterocycles. The van der Waals surface area contributed by atoms with Crippen LogP contribution in [-0.4, -0.2) is 61.6 Å². The third-order valence-electron chi connectivity index (χ3n) is 10.0. The van der Waals surface area contributed by atoms with Crippen LogP contribution in [0.1, 0.15) is 58.4 Å². The molecule has 3 N–H and O–H groups in total. The fourth-order valence-electron chi connectivity index (χ4n) is 6.69. The fourth-order valence-corrected chi connectivity index (χ4v) is 7.89. The van der Waals surface area contributed by atoms with Crippen molar-refractivity contribution in [3.8, 4) is 0 Å². The molecule has 0 aliphatic carbocycles. The summed E-state index contributed by atoms with van der Waals surface area (Å²) in [5.74, 6) is -0.392. The Kier molecular flexibility index (Phi) is 13.6. The minimum Gasteiger partial charge on any atom is -0.392 e. The van der Waals surface area contributed by atoms with Gasteiger partial charge in [0.1, 0.15) is 6.04 Å². The van der Waals surface area contributed by atoms with Crippen LogP contribution >= 0.6 is 0 Å². The van der Waals surface area contributed by atoms with Crippen LogP contribution in [0.3, 0.4) is 0 Å². The number of benzene rings is 4. The number of hydrogen-bond donors (Lipinski definition) is 3. The SMILES string of the molecule is Cc1ccc(S(=O)(=O)NC(Cc2ccccc2)C(=O)NCc2ccc(C3OC(CN(C)CCc4ccccn4)C(C)C(c4ccc(CO)cc4)O3)cc2)cc1. The molecular formula is C44H50N4O6S. The topological polar surface area (TPSA) is 130 Å². The van der Waals surface area contributed by atoms with Crippen molar-refractivity contribution >= 4 is 15.9 Å². The second-order valence-corrected chi connectivity index (χ2v) is 16.0. The first-order valence-electron chi connectivity index (χ1n) is 18.7. The predicted octanol–water partition coefficient (Wildman–Crippen LogP) is 6.05. The molecule has 1 fully saturated rings. The Labute approximate surface area is 324 Å². The standard InChI is InChI=1S/C44H50N4O6S/c1-31-12-22-39(23-13-31)55(51,52)47-40(27-33-9-5-4-6-10-33)43(50)46-28-34-14-20-37(21-15-34)44-53-41(29-48(3)26-24-38-11-7-8-25-45-38)32(2)42(54-44)36-18-16-35(30-49)17-19-36/h4-23,25,32,40-42,44,47,49H,24,26-30H2,1-3H3,(H,46,50). The minimum absolute atomic E-state index is 0.0275. The second-order valence-electron chi connectivity index (χ2n) is 14.3. The monoisotopic (exact) mass is 762 g/mol. The maximum Gasteiger partial charge on any atom is 0.241 e. The number of ether oxygens (including phenoxy) is 2. The highest BCUT2D eigenvalue weighted by Crippen LogP contribution is 2.41. The van der Waals surface area contributed by atoms with Crippen LogP contribution in [0.4, 0.5) is 0 Å². The van der Waals surface area contributed by atoms with Crippen LogP contribution in [0.25, 0.3) is 0 Å². The van der Waals surface area contributed by atoms with Gasteiger partial charge in [-0.15, -0.1) is 0 Å². The molecule has 1 aliphatic heterocycles. The lowest BCUT2D eigenvalue weighted by Crippen LogP contribution is -2.47. The van der Waals surface area contributed by atoms with Crippen molar-refractivity contribution < 1.29 is 27.8 Å². The Morgan fingerprint density at radius 3 is 2.18 bits per heavy atom. The first kappa shape index (κ1) is 39.9. The number of carbonyl (C=O) groups excluding carboxylic acids is 1. The Hall–Kier alpha value is -4.75. The van der Waals surface area contributed by atoms with Gasteiger partial charge in [0.2, 0.25) is 15.9 Å². The molecule has 5 unspecified atom stereocenters. The maximum absolute atomic E-state index is 13.6. The van der Waals surface area contributed by atoms with Crippen molar-refractivity contribution in [3.05, 3.63) is 167 Å². The van der Waals surface area contributed by atoms with Gasteiger partial charge in [-0.05, 0) is 66.9 Å². The van der Waals surface area contributed by atoms with Crippen LogP contribution in [0.5, 0.6) is 0 Å². The molecule has 11 heteroatoms. The average Bonchev–Trinajstić information content (AvgIpc) is 3.21. The lowest BCUT2D eigenvalue weighted by Gasteiger charge is -2.42. The summed E-state index contributed by atoms with van der Waals surface area (Å²) in [6.45, 7) is 5.72. The number of carbonyl (C=O) groups is 1. The number of rotatable bonds is 16. The summed E-state index contributed by atoms with van der Waals surface area (Å²) in [7, 11) is -1.87. The lowest BCUT2D eigenvalue weighted by atomic mass is 9.90. The molecule has 10 nitrogen and oxygen atoms in total. The molecule has 0 radical (unpaired) electrons. The number of aliphatic hydroxyl groups excluding tert-OH is 1. The zero-order chi connectivity index (χ0) is 38.8. The van der Waals surface area contributed by atoms with Gasteiger partial charge in [-0.1, -0.05) is 110 Å². The molecule has 55 heavy (non-hydrogen) atoms. The number of sulfonamides is 1. The van der Waals surface area contributed by atoms with Crippen LogP contribution in [0.15, 0.2) is 132 Å². The van der Waals surface area contributed by atoms with Gasteiger partial charge in [0.15, 0.2) is 6.29 Å². The lowest BCUT2D eigenvalue weighted by molar-refractivity contribution is -0.275. The van der Waals surface area contributed by atoms with Crippen molar-refractivity contribution in [3.63, 3.8) is 0 Å². The molecular weight excluding hydrogens is 713 g/mol. The molecule has 1 aliphatic rings. The van der Waals surface area contributed by atoms with Crippen LogP contribution in [0, 0.1) is 12.8 Å². The Morgan fingerprint density at radius 1 is 0.836 bits per heavy atom. The van der Waals surface area contributed by atoms with Crippen molar-refractivity contribution in [2.45, 2.75) is 69.3 Å². The van der Waals surface area contributed by atoms with Gasteiger partial charge in [0.25, 0.3) is 0 Å². The van der Waals surface area contributed by atoms with Crippen molar-refractivity contribution in [1.82, 2.24) is 19.9 Å². The maximum atomic E-state index is 13.6. The molecule has 4 aromatic carbocycles. The Morgan fingerprint density at radius 2 is 1.51 bits per heavy atom. The number of aliphatic hydroxyl groups is 1. The summed E-state index contributed by atoms with van der Waals surface area (Å²) in [5.41, 5.74) is 6.34. The molecule has 0 spiro atoms. The molecule has 5 aromatic rings. The third kappa shape index (κ3) is 10.9. The molecule has 1 saturated heterocycles. The molecule has 0 bridgehead atoms. The summed E-state index contributed by atoms with van der Waals surface area (Å²) in [6, 6.07) is 36.4. The number of nitrogens with zero attached hydrogens (tertiary/aromatic N) is 2. The van der Waals surface area contributed by atoms with Crippen LogP contribution < -0.4 is 10.0 Å². The van der Waals surface area contributed by atoms with Gasteiger partial charge >= 0.3 is 0 Å². The number of pyridine rings is 1. The van der Waals surface area contributed by atoms with Gasteiger partial charge in [0.05, 0.1) is 23.7 Å². The highest BCUT2D eigenvalue weighted by molar-refractivity contribution is 7.89. The van der Waals surface area contributed by atoms with E-state index in [-0.39, 0.29) is 42.6 Å². The number of likely N-dealkylation sites (N-methyl/N-ethyl adjacent to an activating group) is 1. The second kappa shape index (κ2) is 18.7. The number of hydrogen-bond acceptors (Lipinski definition) is 8. The van der Waals surface area contributed by atoms with Crippen LogP contribution in [0.2, 0.25) is 0 Å². The quantitative estimate of drug-likeness (QED) is 0.111. The van der Waals surface area contributed by atoms with E-state index < -0.39 is 28.3 Å². The van der Waals surface area contributed by atoms with E-state index in [1.165, 1.54) is 12.1 Å². The number of nitrogens with one attached hydrogen (secondary N) is 2. The number of amides is 1. The van der Waals surface area contributed by atoms with Crippen molar-refractivity contribution in [2.24, 2.45) is 5.92 Å². The van der Waals surface area contributed by atoms with Gasteiger partial charge in [-0.3, -0.25) is 9.78 Å². The summed E-state index contributed by atoms with van der Waals surface area (Å²) in [5, 5.41) is 12.6. The molecule has 6 rings (SSSR count). The smallest absolute Gasteiger partial charge is 0.241 e. The average molecular weight is 763 g/mol. The Bertz CT molecular complexity index is 2070. The normalized spacial score (nSPS) is 19.2. The van der Waals surface area contributed by atoms with Gasteiger partial charge in [-0.25, -0.2) is 8.42 Å². The summed E-state index contributed by atoms with van der Waals surface area (Å²) in [6.07, 6.45) is 1.81. The van der Waals surface area contributed by atoms with Crippen molar-refractivity contribution in [2.75, 3.05) is 20.1 Å². The zero-order valence-corrected chi connectivity index (χ0v) is 32.4. The number of aromatic nitrogens is 1. The van der Waals surface area contributed by atoms with E-state index in [1.54, 1.807) is 12.1 Å². The minimum atomic E-state index is -3.96. The zero-order valence-electron chi connectivity index (χ0n) is 31.5. The van der Waals surface area contributed by atoms with Crippen LogP contribution in [-0.2, 0) is 50.3 Å². The van der Waals surface area contributed by atoms with E-state index in [1.807, 2.05) is 110 Å². The molecule has 0 saturated carbocycles. The van der Waals surface area contributed by atoms with E-state index in [9.17, 15) is 18.3 Å². The molecule has 2 heterocycles. The van der Waals surface area contributed by atoms with E-state index in [0.29, 0.717) is 6.54 Å². The fraction of sp³-hybridized carbons (Fsp3) is 0.318. The largest absolute Gasteiger partial charge is 0.392 e. The van der Waals surface area contributed by atoms with Gasteiger partial charge in [-0.2, -0.15) is 4.72 Å². The van der Waals surface area contributed by atoms with E-state index >= 15 is 0 Å². The molecule has 5 atom stereocenters.